The van der Waals surface area contributed by atoms with E-state index in [1.807, 2.05) is 18.2 Å². The Hall–Kier alpha value is -1.49. The molecule has 1 aromatic carbocycles. The van der Waals surface area contributed by atoms with Crippen molar-refractivity contribution in [2.75, 3.05) is 5.75 Å². The summed E-state index contributed by atoms with van der Waals surface area (Å²) in [5.41, 5.74) is 11.6. The van der Waals surface area contributed by atoms with Crippen molar-refractivity contribution in [2.45, 2.75) is 6.42 Å². The summed E-state index contributed by atoms with van der Waals surface area (Å²) in [7, 11) is 0. The molecule has 1 rings (SSSR count). The summed E-state index contributed by atoms with van der Waals surface area (Å²) in [6.45, 7) is 0. The van der Waals surface area contributed by atoms with Gasteiger partial charge in [-0.05, 0) is 12.0 Å². The molecule has 1 aromatic rings. The van der Waals surface area contributed by atoms with Gasteiger partial charge in [-0.25, -0.2) is 0 Å². The summed E-state index contributed by atoms with van der Waals surface area (Å²) in [4.78, 5) is 3.63. The van der Waals surface area contributed by atoms with Crippen LogP contribution in [0.1, 0.15) is 5.56 Å². The van der Waals surface area contributed by atoms with E-state index in [0.717, 1.165) is 12.2 Å². The number of amidine groups is 1. The average Bonchev–Trinajstić information content (AvgIpc) is 2.18. The van der Waals surface area contributed by atoms with Gasteiger partial charge in [-0.15, -0.1) is 0 Å². The Balaban J connectivity index is 2.28. The Bertz CT molecular complexity index is 344. The average molecular weight is 222 g/mol. The predicted octanol–water partition coefficient (Wildman–Crippen LogP) is 1.17. The quantitative estimate of drug-likeness (QED) is 0.530. The molecule has 0 unspecified atom stereocenters. The van der Waals surface area contributed by atoms with E-state index >= 15 is 0 Å². The van der Waals surface area contributed by atoms with Crippen LogP contribution in [0.5, 0.6) is 0 Å². The van der Waals surface area contributed by atoms with Crippen molar-refractivity contribution in [3.8, 4) is 0 Å². The molecule has 80 valence electrons. The number of aryl methyl sites for hydroxylation is 1. The zero-order valence-corrected chi connectivity index (χ0v) is 9.13. The van der Waals surface area contributed by atoms with Crippen LogP contribution in [0.3, 0.4) is 0 Å². The lowest BCUT2D eigenvalue weighted by atomic mass is 10.2. The van der Waals surface area contributed by atoms with Gasteiger partial charge in [0, 0.05) is 5.75 Å². The van der Waals surface area contributed by atoms with Crippen LogP contribution < -0.4 is 11.5 Å². The molecule has 4 nitrogen and oxygen atoms in total. The van der Waals surface area contributed by atoms with Crippen LogP contribution in [0.15, 0.2) is 35.3 Å². The standard InChI is InChI=1S/C10H14N4S/c11-9(12)14-10(13)15-7-6-8-4-2-1-3-5-8/h1-5H,6-7H2,(H5,11,12,13,14). The van der Waals surface area contributed by atoms with Gasteiger partial charge in [-0.3, -0.25) is 5.41 Å². The van der Waals surface area contributed by atoms with Crippen LogP contribution in [-0.4, -0.2) is 16.9 Å². The minimum Gasteiger partial charge on any atom is -0.370 e. The Morgan fingerprint density at radius 1 is 1.27 bits per heavy atom. The molecule has 0 saturated heterocycles. The van der Waals surface area contributed by atoms with E-state index in [0.29, 0.717) is 0 Å². The van der Waals surface area contributed by atoms with E-state index < -0.39 is 0 Å². The van der Waals surface area contributed by atoms with Crippen LogP contribution in [0.2, 0.25) is 0 Å². The lowest BCUT2D eigenvalue weighted by Crippen LogP contribution is -2.23. The molecular weight excluding hydrogens is 208 g/mol. The number of thioether (sulfide) groups is 1. The number of rotatable bonds is 3. The summed E-state index contributed by atoms with van der Waals surface area (Å²) in [6.07, 6.45) is 0.911. The van der Waals surface area contributed by atoms with E-state index in [1.54, 1.807) is 0 Å². The lowest BCUT2D eigenvalue weighted by molar-refractivity contribution is 1.16. The molecule has 0 heterocycles. The van der Waals surface area contributed by atoms with Crippen molar-refractivity contribution in [3.05, 3.63) is 35.9 Å². The first kappa shape index (κ1) is 11.6. The number of nitrogens with two attached hydrogens (primary N) is 2. The van der Waals surface area contributed by atoms with Crippen molar-refractivity contribution >= 4 is 22.9 Å². The predicted molar refractivity (Wildman–Crippen MR) is 66.1 cm³/mol. The fourth-order valence-corrected chi connectivity index (χ4v) is 1.76. The molecule has 0 aliphatic heterocycles. The third kappa shape index (κ3) is 5.07. The van der Waals surface area contributed by atoms with Gasteiger partial charge in [-0.2, -0.15) is 4.99 Å². The highest BCUT2D eigenvalue weighted by Gasteiger charge is 1.97. The molecule has 0 bridgehead atoms. The van der Waals surface area contributed by atoms with Crippen LogP contribution in [0, 0.1) is 5.41 Å². The number of nitrogens with zero attached hydrogens (tertiary/aromatic N) is 1. The van der Waals surface area contributed by atoms with Crippen molar-refractivity contribution in [1.29, 1.82) is 5.41 Å². The first-order chi connectivity index (χ1) is 7.18. The minimum atomic E-state index is -0.0628. The molecule has 0 atom stereocenters. The van der Waals surface area contributed by atoms with Gasteiger partial charge < -0.3 is 11.5 Å². The summed E-state index contributed by atoms with van der Waals surface area (Å²) < 4.78 is 0. The number of hydrogen-bond donors (Lipinski definition) is 3. The third-order valence-electron chi connectivity index (χ3n) is 1.70. The minimum absolute atomic E-state index is 0.0628. The number of hydrogen-bond acceptors (Lipinski definition) is 2. The van der Waals surface area contributed by atoms with E-state index in [2.05, 4.69) is 17.1 Å². The van der Waals surface area contributed by atoms with E-state index in [9.17, 15) is 0 Å². The van der Waals surface area contributed by atoms with Gasteiger partial charge in [0.1, 0.15) is 0 Å². The third-order valence-corrected chi connectivity index (χ3v) is 2.48. The number of nitrogens with one attached hydrogen (secondary N) is 1. The largest absolute Gasteiger partial charge is 0.370 e. The SMILES string of the molecule is N=C(N=C(N)N)SCCc1ccccc1. The normalized spacial score (nSPS) is 9.60. The van der Waals surface area contributed by atoms with Gasteiger partial charge in [0.05, 0.1) is 0 Å². The second-order valence-corrected chi connectivity index (χ2v) is 4.01. The lowest BCUT2D eigenvalue weighted by Gasteiger charge is -2.00. The van der Waals surface area contributed by atoms with Crippen molar-refractivity contribution in [3.63, 3.8) is 0 Å². The molecule has 0 fully saturated rings. The highest BCUT2D eigenvalue weighted by Crippen LogP contribution is 2.08. The second kappa shape index (κ2) is 6.08. The van der Waals surface area contributed by atoms with Gasteiger partial charge >= 0.3 is 0 Å². The maximum Gasteiger partial charge on any atom is 0.193 e. The van der Waals surface area contributed by atoms with Crippen molar-refractivity contribution in [1.82, 2.24) is 0 Å². The van der Waals surface area contributed by atoms with E-state index in [-0.39, 0.29) is 11.1 Å². The molecule has 0 radical (unpaired) electrons. The van der Waals surface area contributed by atoms with Crippen LogP contribution >= 0.6 is 11.8 Å². The Morgan fingerprint density at radius 3 is 2.53 bits per heavy atom. The first-order valence-electron chi connectivity index (χ1n) is 4.53. The van der Waals surface area contributed by atoms with Crippen LogP contribution in [-0.2, 0) is 6.42 Å². The summed E-state index contributed by atoms with van der Waals surface area (Å²) >= 11 is 1.34. The summed E-state index contributed by atoms with van der Waals surface area (Å²) in [5.74, 6) is 0.742. The molecule has 5 N–H and O–H groups in total. The Morgan fingerprint density at radius 2 is 1.93 bits per heavy atom. The van der Waals surface area contributed by atoms with Gasteiger partial charge in [0.2, 0.25) is 0 Å². The zero-order valence-electron chi connectivity index (χ0n) is 8.31. The smallest absolute Gasteiger partial charge is 0.193 e. The van der Waals surface area contributed by atoms with E-state index in [1.165, 1.54) is 17.3 Å². The van der Waals surface area contributed by atoms with Crippen LogP contribution in [0.25, 0.3) is 0 Å². The van der Waals surface area contributed by atoms with Gasteiger partial charge in [-0.1, -0.05) is 42.1 Å². The molecule has 0 saturated carbocycles. The maximum atomic E-state index is 7.40. The van der Waals surface area contributed by atoms with Crippen molar-refractivity contribution in [2.24, 2.45) is 16.5 Å². The molecule has 0 aliphatic rings. The van der Waals surface area contributed by atoms with Crippen molar-refractivity contribution < 1.29 is 0 Å². The Kier molecular flexibility index (Phi) is 4.70. The molecule has 0 amide bonds. The number of guanidine groups is 1. The molecule has 15 heavy (non-hydrogen) atoms. The van der Waals surface area contributed by atoms with E-state index in [4.69, 9.17) is 16.9 Å². The zero-order chi connectivity index (χ0) is 11.1. The monoisotopic (exact) mass is 222 g/mol. The maximum absolute atomic E-state index is 7.40. The van der Waals surface area contributed by atoms with Crippen LogP contribution in [0.4, 0.5) is 0 Å². The molecular formula is C10H14N4S. The topological polar surface area (TPSA) is 88.2 Å². The molecule has 5 heteroatoms. The first-order valence-corrected chi connectivity index (χ1v) is 5.52. The highest BCUT2D eigenvalue weighted by atomic mass is 32.2. The second-order valence-electron chi connectivity index (χ2n) is 2.93. The number of aliphatic imine (C=N–C) groups is 1. The number of benzene rings is 1. The Labute approximate surface area is 93.3 Å². The molecule has 0 spiro atoms. The summed E-state index contributed by atoms with van der Waals surface area (Å²) in [6, 6.07) is 10.1. The van der Waals surface area contributed by atoms with Gasteiger partial charge in [0.25, 0.3) is 0 Å². The summed E-state index contributed by atoms with van der Waals surface area (Å²) in [5, 5.41) is 7.56. The molecule has 0 aliphatic carbocycles. The fourth-order valence-electron chi connectivity index (χ4n) is 1.06. The highest BCUT2D eigenvalue weighted by molar-refractivity contribution is 8.13. The van der Waals surface area contributed by atoms with Gasteiger partial charge in [0.15, 0.2) is 11.1 Å². The molecule has 0 aromatic heterocycles. The fraction of sp³-hybridized carbons (Fsp3) is 0.200.